The molecule has 0 bridgehead atoms. The Balaban J connectivity index is 1.97. The van der Waals surface area contributed by atoms with E-state index in [-0.39, 0.29) is 23.8 Å². The van der Waals surface area contributed by atoms with Gasteiger partial charge in [-0.25, -0.2) is 0 Å². The van der Waals surface area contributed by atoms with E-state index in [0.717, 1.165) is 38.8 Å². The molecule has 1 fully saturated rings. The third kappa shape index (κ3) is 9.74. The van der Waals surface area contributed by atoms with E-state index in [1.54, 1.807) is 25.2 Å². The second kappa shape index (κ2) is 14.6. The van der Waals surface area contributed by atoms with E-state index in [9.17, 15) is 9.59 Å². The van der Waals surface area contributed by atoms with Crippen LogP contribution in [0.2, 0.25) is 0 Å². The van der Waals surface area contributed by atoms with Crippen LogP contribution in [0.4, 0.5) is 0 Å². The molecule has 6 nitrogen and oxygen atoms in total. The standard InChI is InChI=1S/C27H39N4O2P/c1-6-24(15-13-21(2)27(33)31(5)25-17-18-30(4)20-25)29-26(32)16-14-23-12-10-8-7-9-11-22(3)34-28-19-23/h6,10-16,19,23,25,34H,1,7-9,17-18,20H2,2-5H3,(H,29,32)/b12-10+,16-14+,21-13+,22-11+,24-15+,28-19?. The largest absolute Gasteiger partial charge is 0.338 e. The van der Waals surface area contributed by atoms with Crippen LogP contribution in [0.5, 0.6) is 0 Å². The Labute approximate surface area is 206 Å². The lowest BCUT2D eigenvalue weighted by molar-refractivity contribution is -0.127. The van der Waals surface area contributed by atoms with Crippen LogP contribution in [0.15, 0.2) is 76.5 Å². The van der Waals surface area contributed by atoms with Crippen molar-refractivity contribution in [1.29, 1.82) is 0 Å². The molecule has 1 N–H and O–H groups in total. The summed E-state index contributed by atoms with van der Waals surface area (Å²) < 4.78 is 4.53. The molecule has 2 aliphatic rings. The van der Waals surface area contributed by atoms with Crippen LogP contribution in [0.25, 0.3) is 0 Å². The molecule has 0 aromatic carbocycles. The number of likely N-dealkylation sites (tertiary alicyclic amines) is 1. The van der Waals surface area contributed by atoms with Crippen molar-refractivity contribution in [3.8, 4) is 0 Å². The molecule has 2 amide bonds. The van der Waals surface area contributed by atoms with Crippen molar-refractivity contribution in [3.63, 3.8) is 0 Å². The first-order valence-electron chi connectivity index (χ1n) is 11.9. The van der Waals surface area contributed by atoms with Gasteiger partial charge in [-0.15, -0.1) is 0 Å². The summed E-state index contributed by atoms with van der Waals surface area (Å²) in [5, 5.41) is 4.12. The highest BCUT2D eigenvalue weighted by atomic mass is 31.1. The third-order valence-electron chi connectivity index (χ3n) is 5.91. The van der Waals surface area contributed by atoms with Crippen LogP contribution in [-0.2, 0) is 9.59 Å². The molecule has 1 saturated heterocycles. The normalized spacial score (nSPS) is 26.1. The third-order valence-corrected chi connectivity index (χ3v) is 6.75. The molecule has 2 heterocycles. The molecular weight excluding hydrogens is 443 g/mol. The number of likely N-dealkylation sites (N-methyl/N-ethyl adjacent to an activating group) is 2. The quantitative estimate of drug-likeness (QED) is 0.246. The summed E-state index contributed by atoms with van der Waals surface area (Å²) in [7, 11) is 4.35. The van der Waals surface area contributed by atoms with E-state index in [4.69, 9.17) is 0 Å². The number of allylic oxidation sites excluding steroid dienone is 8. The smallest absolute Gasteiger partial charge is 0.249 e. The van der Waals surface area contributed by atoms with Crippen molar-refractivity contribution in [1.82, 2.24) is 15.1 Å². The van der Waals surface area contributed by atoms with Gasteiger partial charge < -0.3 is 15.1 Å². The Kier molecular flexibility index (Phi) is 11.9. The zero-order valence-corrected chi connectivity index (χ0v) is 22.0. The Morgan fingerprint density at radius 3 is 2.82 bits per heavy atom. The summed E-state index contributed by atoms with van der Waals surface area (Å²) in [6, 6.07) is 0.234. The first-order chi connectivity index (χ1) is 16.3. The van der Waals surface area contributed by atoms with E-state index in [1.165, 1.54) is 11.4 Å². The molecular formula is C27H39N4O2P. The highest BCUT2D eigenvalue weighted by molar-refractivity contribution is 7.41. The Hall–Kier alpha value is -2.56. The second-order valence-electron chi connectivity index (χ2n) is 8.86. The van der Waals surface area contributed by atoms with Crippen LogP contribution < -0.4 is 5.32 Å². The minimum Gasteiger partial charge on any atom is -0.338 e. The van der Waals surface area contributed by atoms with Crippen molar-refractivity contribution < 1.29 is 9.59 Å². The van der Waals surface area contributed by atoms with Gasteiger partial charge in [-0.05, 0) is 70.6 Å². The molecule has 2 rings (SSSR count). The van der Waals surface area contributed by atoms with Gasteiger partial charge >= 0.3 is 0 Å². The predicted molar refractivity (Wildman–Crippen MR) is 145 cm³/mol. The number of carbonyl (C=O) groups is 2. The number of nitrogens with zero attached hydrogens (tertiary/aromatic N) is 3. The van der Waals surface area contributed by atoms with Gasteiger partial charge in [0.05, 0.1) is 0 Å². The topological polar surface area (TPSA) is 65.0 Å². The van der Waals surface area contributed by atoms with Crippen LogP contribution in [-0.4, -0.2) is 61.1 Å². The zero-order valence-electron chi connectivity index (χ0n) is 21.0. The SMILES string of the molecule is C=C/C(=C\C=C(/C)C(=O)N(C)C1CCN(C)C1)NC(=O)/C=C/C1C=NP/C(C)=C/CCC/C=C/1. The van der Waals surface area contributed by atoms with Crippen molar-refractivity contribution >= 4 is 26.8 Å². The summed E-state index contributed by atoms with van der Waals surface area (Å²) in [5.41, 5.74) is 1.16. The number of nitrogens with one attached hydrogen (secondary N) is 1. The van der Waals surface area contributed by atoms with E-state index < -0.39 is 0 Å². The summed E-state index contributed by atoms with van der Waals surface area (Å²) in [6.45, 7) is 9.58. The molecule has 7 heteroatoms. The molecule has 3 atom stereocenters. The highest BCUT2D eigenvalue weighted by Crippen LogP contribution is 2.25. The lowest BCUT2D eigenvalue weighted by Gasteiger charge is -2.24. The fourth-order valence-electron chi connectivity index (χ4n) is 3.74. The van der Waals surface area contributed by atoms with Crippen LogP contribution in [0, 0.1) is 5.92 Å². The molecule has 0 radical (unpaired) electrons. The summed E-state index contributed by atoms with van der Waals surface area (Å²) in [5.74, 6) is -0.274. The number of hydrogen-bond donors (Lipinski definition) is 1. The summed E-state index contributed by atoms with van der Waals surface area (Å²) >= 11 is 0. The maximum atomic E-state index is 12.7. The first-order valence-corrected chi connectivity index (χ1v) is 12.8. The number of carbonyl (C=O) groups excluding carboxylic acids is 2. The second-order valence-corrected chi connectivity index (χ2v) is 10.1. The minimum atomic E-state index is -0.246. The van der Waals surface area contributed by atoms with Gasteiger partial charge in [0.2, 0.25) is 11.8 Å². The first kappa shape index (κ1) is 27.7. The van der Waals surface area contributed by atoms with Gasteiger partial charge in [-0.2, -0.15) is 0 Å². The average Bonchev–Trinajstić information content (AvgIpc) is 3.24. The minimum absolute atomic E-state index is 0.00477. The van der Waals surface area contributed by atoms with Gasteiger partial charge in [-0.3, -0.25) is 14.4 Å². The van der Waals surface area contributed by atoms with Crippen molar-refractivity contribution in [2.24, 2.45) is 10.7 Å². The van der Waals surface area contributed by atoms with Gasteiger partial charge in [0.1, 0.15) is 0 Å². The van der Waals surface area contributed by atoms with E-state index in [2.05, 4.69) is 53.8 Å². The monoisotopic (exact) mass is 482 g/mol. The van der Waals surface area contributed by atoms with E-state index >= 15 is 0 Å². The van der Waals surface area contributed by atoms with Gasteiger partial charge in [0.25, 0.3) is 0 Å². The van der Waals surface area contributed by atoms with Gasteiger partial charge in [0.15, 0.2) is 0 Å². The van der Waals surface area contributed by atoms with Crippen molar-refractivity contribution in [3.05, 3.63) is 71.8 Å². The molecule has 0 saturated carbocycles. The number of hydrogen-bond acceptors (Lipinski definition) is 4. The number of amides is 2. The number of rotatable bonds is 7. The lowest BCUT2D eigenvalue weighted by Crippen LogP contribution is -2.38. The highest BCUT2D eigenvalue weighted by Gasteiger charge is 2.26. The Bertz CT molecular complexity index is 914. The molecule has 0 spiro atoms. The Morgan fingerprint density at radius 1 is 1.32 bits per heavy atom. The van der Waals surface area contributed by atoms with Crippen LogP contribution in [0.1, 0.15) is 39.5 Å². The van der Waals surface area contributed by atoms with Gasteiger partial charge in [-0.1, -0.05) is 37.0 Å². The van der Waals surface area contributed by atoms with Crippen LogP contribution >= 0.6 is 8.73 Å². The van der Waals surface area contributed by atoms with E-state index in [1.807, 2.05) is 24.2 Å². The predicted octanol–water partition coefficient (Wildman–Crippen LogP) is 4.76. The molecule has 2 aliphatic heterocycles. The fraction of sp³-hybridized carbons (Fsp3) is 0.444. The summed E-state index contributed by atoms with van der Waals surface area (Å²) in [6.07, 6.45) is 20.9. The van der Waals surface area contributed by atoms with Gasteiger partial charge in [0, 0.05) is 57.8 Å². The molecule has 0 aliphatic carbocycles. The average molecular weight is 483 g/mol. The molecule has 0 aromatic heterocycles. The van der Waals surface area contributed by atoms with Crippen LogP contribution in [0.3, 0.4) is 0 Å². The van der Waals surface area contributed by atoms with Crippen molar-refractivity contribution in [2.45, 2.75) is 45.6 Å². The van der Waals surface area contributed by atoms with E-state index in [0.29, 0.717) is 20.0 Å². The lowest BCUT2D eigenvalue weighted by atomic mass is 10.1. The maximum Gasteiger partial charge on any atom is 0.249 e. The maximum absolute atomic E-state index is 12.7. The molecule has 0 aromatic rings. The fourth-order valence-corrected chi connectivity index (χ4v) is 4.43. The molecule has 34 heavy (non-hydrogen) atoms. The Morgan fingerprint density at radius 2 is 2.12 bits per heavy atom. The molecule has 184 valence electrons. The zero-order chi connectivity index (χ0) is 24.9. The summed E-state index contributed by atoms with van der Waals surface area (Å²) in [4.78, 5) is 29.2. The van der Waals surface area contributed by atoms with Crippen molar-refractivity contribution in [2.75, 3.05) is 27.2 Å². The molecule has 3 unspecified atom stereocenters.